The van der Waals surface area contributed by atoms with Crippen molar-refractivity contribution in [3.05, 3.63) is 46.8 Å². The number of aromatic amines is 1. The molecule has 1 saturated heterocycles. The number of benzene rings is 1. The minimum Gasteiger partial charge on any atom is -0.370 e. The number of hydrogen-bond acceptors (Lipinski definition) is 5. The summed E-state index contributed by atoms with van der Waals surface area (Å²) < 4.78 is 61.9. The van der Waals surface area contributed by atoms with E-state index in [1.807, 2.05) is 4.90 Å². The number of aryl methyl sites for hydroxylation is 1. The minimum atomic E-state index is -2.76. The SMILES string of the molecule is Cn1nc(-c2nc3c(n2C(F)F)CN([C@H]2CO[C@H](c4cc(F)ccc4F)[C@@H](N)C2)C3)[nH]1. The van der Waals surface area contributed by atoms with Crippen LogP contribution in [0.2, 0.25) is 0 Å². The van der Waals surface area contributed by atoms with Crippen LogP contribution in [0.3, 0.4) is 0 Å². The van der Waals surface area contributed by atoms with Crippen molar-refractivity contribution in [2.45, 2.75) is 44.2 Å². The van der Waals surface area contributed by atoms with E-state index in [9.17, 15) is 17.6 Å². The highest BCUT2D eigenvalue weighted by Crippen LogP contribution is 2.36. The van der Waals surface area contributed by atoms with E-state index in [2.05, 4.69) is 15.2 Å². The lowest BCUT2D eigenvalue weighted by molar-refractivity contribution is -0.0538. The van der Waals surface area contributed by atoms with Crippen LogP contribution < -0.4 is 5.73 Å². The fourth-order valence-electron chi connectivity index (χ4n) is 4.44. The summed E-state index contributed by atoms with van der Waals surface area (Å²) in [5.41, 5.74) is 7.31. The van der Waals surface area contributed by atoms with Crippen LogP contribution in [0.4, 0.5) is 17.6 Å². The van der Waals surface area contributed by atoms with E-state index in [1.54, 1.807) is 7.05 Å². The molecular weight excluding hydrogens is 418 g/mol. The molecule has 166 valence electrons. The molecule has 12 heteroatoms. The van der Waals surface area contributed by atoms with Crippen molar-refractivity contribution < 1.29 is 22.3 Å². The number of hydrogen-bond donors (Lipinski definition) is 2. The van der Waals surface area contributed by atoms with Crippen LogP contribution in [0.1, 0.15) is 36.0 Å². The van der Waals surface area contributed by atoms with Crippen molar-refractivity contribution in [3.63, 3.8) is 0 Å². The predicted octanol–water partition coefficient (Wildman–Crippen LogP) is 2.46. The first-order chi connectivity index (χ1) is 14.8. The Morgan fingerprint density at radius 3 is 2.71 bits per heavy atom. The maximum absolute atomic E-state index is 14.1. The Morgan fingerprint density at radius 1 is 1.26 bits per heavy atom. The number of imidazole rings is 1. The number of alkyl halides is 2. The molecule has 0 spiro atoms. The van der Waals surface area contributed by atoms with Gasteiger partial charge < -0.3 is 10.5 Å². The molecule has 3 atom stereocenters. The van der Waals surface area contributed by atoms with Crippen LogP contribution in [0.15, 0.2) is 18.2 Å². The predicted molar refractivity (Wildman–Crippen MR) is 101 cm³/mol. The highest BCUT2D eigenvalue weighted by molar-refractivity contribution is 5.47. The highest BCUT2D eigenvalue weighted by Gasteiger charge is 2.39. The zero-order chi connectivity index (χ0) is 21.9. The van der Waals surface area contributed by atoms with E-state index in [0.717, 1.165) is 22.8 Å². The van der Waals surface area contributed by atoms with Crippen molar-refractivity contribution in [3.8, 4) is 11.6 Å². The van der Waals surface area contributed by atoms with Crippen molar-refractivity contribution in [1.29, 1.82) is 0 Å². The maximum atomic E-state index is 14.1. The van der Waals surface area contributed by atoms with Crippen LogP contribution in [-0.2, 0) is 24.9 Å². The summed E-state index contributed by atoms with van der Waals surface area (Å²) in [5.74, 6) is -0.732. The third-order valence-electron chi connectivity index (χ3n) is 5.91. The smallest absolute Gasteiger partial charge is 0.320 e. The summed E-state index contributed by atoms with van der Waals surface area (Å²) in [6.45, 7) is -1.91. The van der Waals surface area contributed by atoms with E-state index in [0.29, 0.717) is 30.2 Å². The molecule has 0 bridgehead atoms. The van der Waals surface area contributed by atoms with Crippen LogP contribution in [0, 0.1) is 11.6 Å². The second-order valence-corrected chi connectivity index (χ2v) is 7.94. The van der Waals surface area contributed by atoms with Crippen LogP contribution >= 0.6 is 0 Å². The van der Waals surface area contributed by atoms with Gasteiger partial charge in [0.05, 0.1) is 18.0 Å². The summed E-state index contributed by atoms with van der Waals surface area (Å²) in [6.07, 6.45) is -0.317. The Morgan fingerprint density at radius 2 is 2.03 bits per heavy atom. The maximum Gasteiger partial charge on any atom is 0.320 e. The first kappa shape index (κ1) is 20.2. The first-order valence-electron chi connectivity index (χ1n) is 9.85. The number of H-pyrrole nitrogens is 1. The number of halogens is 4. The molecule has 0 radical (unpaired) electrons. The quantitative estimate of drug-likeness (QED) is 0.610. The number of nitrogens with one attached hydrogen (secondary N) is 1. The number of ether oxygens (including phenoxy) is 1. The molecule has 1 aromatic carbocycles. The lowest BCUT2D eigenvalue weighted by Crippen LogP contribution is -2.48. The molecule has 0 unspecified atom stereocenters. The Kier molecular flexibility index (Phi) is 4.87. The topological polar surface area (TPSA) is 89.9 Å². The molecule has 0 saturated carbocycles. The molecule has 2 aliphatic rings. The van der Waals surface area contributed by atoms with Gasteiger partial charge in [0.1, 0.15) is 17.7 Å². The average Bonchev–Trinajstić information content (AvgIpc) is 3.25. The third kappa shape index (κ3) is 3.44. The van der Waals surface area contributed by atoms with Gasteiger partial charge in [0.15, 0.2) is 5.82 Å². The van der Waals surface area contributed by atoms with Gasteiger partial charge in [0.25, 0.3) is 0 Å². The largest absolute Gasteiger partial charge is 0.370 e. The summed E-state index contributed by atoms with van der Waals surface area (Å²) in [4.78, 5) is 7.76. The standard InChI is InChI=1S/C19H21F4N7O/c1-28-26-17(27-28)18-25-14-6-29(7-15(14)30(18)19(22)23)10-5-13(24)16(31-8-10)11-4-9(20)2-3-12(11)21/h2-4,10,13,16,19H,5-8,24H2,1H3,(H,26,27)/t10-,13+,16-/m1/s1. The van der Waals surface area contributed by atoms with Crippen LogP contribution in [0.25, 0.3) is 11.6 Å². The Balaban J connectivity index is 1.32. The number of nitrogens with zero attached hydrogens (tertiary/aromatic N) is 5. The lowest BCUT2D eigenvalue weighted by atomic mass is 9.93. The summed E-state index contributed by atoms with van der Waals surface area (Å²) in [5, 5.41) is 6.84. The summed E-state index contributed by atoms with van der Waals surface area (Å²) in [7, 11) is 1.66. The van der Waals surface area contributed by atoms with Gasteiger partial charge in [-0.15, -0.1) is 5.10 Å². The molecule has 2 aromatic heterocycles. The van der Waals surface area contributed by atoms with Crippen LogP contribution in [0.5, 0.6) is 0 Å². The van der Waals surface area contributed by atoms with Crippen molar-refractivity contribution in [2.24, 2.45) is 12.8 Å². The van der Waals surface area contributed by atoms with Gasteiger partial charge in [-0.05, 0) is 24.6 Å². The molecule has 0 aliphatic carbocycles. The van der Waals surface area contributed by atoms with E-state index in [-0.39, 0.29) is 30.6 Å². The molecule has 3 aromatic rings. The van der Waals surface area contributed by atoms with Crippen molar-refractivity contribution in [1.82, 2.24) is 29.4 Å². The molecule has 1 fully saturated rings. The van der Waals surface area contributed by atoms with E-state index in [4.69, 9.17) is 10.5 Å². The van der Waals surface area contributed by atoms with E-state index >= 15 is 0 Å². The van der Waals surface area contributed by atoms with Crippen LogP contribution in [-0.4, -0.2) is 48.1 Å². The van der Waals surface area contributed by atoms with Gasteiger partial charge in [0, 0.05) is 37.8 Å². The first-order valence-corrected chi connectivity index (χ1v) is 9.85. The van der Waals surface area contributed by atoms with E-state index < -0.39 is 30.3 Å². The number of fused-ring (bicyclic) bond motifs is 1. The second-order valence-electron chi connectivity index (χ2n) is 7.94. The van der Waals surface area contributed by atoms with Gasteiger partial charge in [-0.25, -0.2) is 18.6 Å². The lowest BCUT2D eigenvalue weighted by Gasteiger charge is -2.38. The molecule has 5 rings (SSSR count). The normalized spacial score (nSPS) is 24.3. The minimum absolute atomic E-state index is 0.0878. The molecule has 8 nitrogen and oxygen atoms in total. The number of nitrogens with two attached hydrogens (primary N) is 1. The van der Waals surface area contributed by atoms with E-state index in [1.165, 1.54) is 4.80 Å². The fourth-order valence-corrected chi connectivity index (χ4v) is 4.44. The molecule has 4 heterocycles. The third-order valence-corrected chi connectivity index (χ3v) is 5.91. The highest BCUT2D eigenvalue weighted by atomic mass is 19.3. The second kappa shape index (κ2) is 7.46. The van der Waals surface area contributed by atoms with Gasteiger partial charge in [-0.2, -0.15) is 8.78 Å². The monoisotopic (exact) mass is 439 g/mol. The Bertz CT molecular complexity index is 1100. The summed E-state index contributed by atoms with van der Waals surface area (Å²) in [6, 6.07) is 2.46. The van der Waals surface area contributed by atoms with Crippen molar-refractivity contribution in [2.75, 3.05) is 6.61 Å². The molecule has 0 amide bonds. The van der Waals surface area contributed by atoms with Crippen molar-refractivity contribution >= 4 is 0 Å². The fraction of sp³-hybridized carbons (Fsp3) is 0.474. The number of rotatable bonds is 4. The zero-order valence-electron chi connectivity index (χ0n) is 16.6. The molecular formula is C19H21F4N7O. The average molecular weight is 439 g/mol. The van der Waals surface area contributed by atoms with Gasteiger partial charge in [-0.3, -0.25) is 14.6 Å². The number of aromatic nitrogens is 5. The van der Waals surface area contributed by atoms with Gasteiger partial charge in [0.2, 0.25) is 5.82 Å². The Labute approximate surface area is 174 Å². The Hall–Kier alpha value is -2.70. The summed E-state index contributed by atoms with van der Waals surface area (Å²) >= 11 is 0. The molecule has 31 heavy (non-hydrogen) atoms. The van der Waals surface area contributed by atoms with Gasteiger partial charge >= 0.3 is 6.55 Å². The molecule has 2 aliphatic heterocycles. The zero-order valence-corrected chi connectivity index (χ0v) is 16.6. The van der Waals surface area contributed by atoms with Gasteiger partial charge in [-0.1, -0.05) is 0 Å². The molecule has 3 N–H and O–H groups in total.